The minimum atomic E-state index is -0.388. The van der Waals surface area contributed by atoms with Gasteiger partial charge in [-0.05, 0) is 31.2 Å². The van der Waals surface area contributed by atoms with E-state index in [0.29, 0.717) is 28.5 Å². The standard InChI is InChI=1S/C14H12ClNO2/c1-2-18-14(17)10-6-5-7-11(15)13(10)12-8-3-4-9-16-12/h3-9H,2H2,1H3. The Morgan fingerprint density at radius 2 is 2.11 bits per heavy atom. The smallest absolute Gasteiger partial charge is 0.338 e. The molecule has 1 aromatic heterocycles. The Morgan fingerprint density at radius 3 is 2.78 bits per heavy atom. The predicted molar refractivity (Wildman–Crippen MR) is 70.6 cm³/mol. The minimum absolute atomic E-state index is 0.326. The van der Waals surface area contributed by atoms with Gasteiger partial charge in [0, 0.05) is 11.8 Å². The molecule has 3 nitrogen and oxygen atoms in total. The van der Waals surface area contributed by atoms with E-state index in [1.165, 1.54) is 0 Å². The number of nitrogens with zero attached hydrogens (tertiary/aromatic N) is 1. The van der Waals surface area contributed by atoms with Crippen molar-refractivity contribution >= 4 is 17.6 Å². The van der Waals surface area contributed by atoms with Crippen molar-refractivity contribution in [1.82, 2.24) is 4.98 Å². The summed E-state index contributed by atoms with van der Waals surface area (Å²) in [5.74, 6) is -0.388. The van der Waals surface area contributed by atoms with E-state index in [1.54, 1.807) is 31.3 Å². The molecule has 0 N–H and O–H groups in total. The molecule has 92 valence electrons. The lowest BCUT2D eigenvalue weighted by atomic mass is 10.0. The average molecular weight is 262 g/mol. The molecule has 1 aromatic carbocycles. The van der Waals surface area contributed by atoms with Crippen LogP contribution in [-0.2, 0) is 4.74 Å². The third kappa shape index (κ3) is 2.51. The maximum Gasteiger partial charge on any atom is 0.338 e. The average Bonchev–Trinajstić information content (AvgIpc) is 2.39. The van der Waals surface area contributed by atoms with Gasteiger partial charge in [-0.3, -0.25) is 4.98 Å². The van der Waals surface area contributed by atoms with Crippen LogP contribution in [-0.4, -0.2) is 17.6 Å². The summed E-state index contributed by atoms with van der Waals surface area (Å²) in [7, 11) is 0. The minimum Gasteiger partial charge on any atom is -0.462 e. The number of rotatable bonds is 3. The molecule has 0 bridgehead atoms. The third-order valence-electron chi connectivity index (χ3n) is 2.43. The molecule has 2 aromatic rings. The molecule has 0 aliphatic rings. The van der Waals surface area contributed by atoms with E-state index in [9.17, 15) is 4.79 Å². The van der Waals surface area contributed by atoms with Crippen LogP contribution in [0.2, 0.25) is 5.02 Å². The first-order valence-electron chi connectivity index (χ1n) is 5.61. The van der Waals surface area contributed by atoms with E-state index in [4.69, 9.17) is 16.3 Å². The first-order valence-corrected chi connectivity index (χ1v) is 5.99. The van der Waals surface area contributed by atoms with Gasteiger partial charge in [0.1, 0.15) is 0 Å². The van der Waals surface area contributed by atoms with Gasteiger partial charge in [0.25, 0.3) is 0 Å². The molecule has 1 heterocycles. The summed E-state index contributed by atoms with van der Waals surface area (Å²) in [5.41, 5.74) is 1.70. The van der Waals surface area contributed by atoms with E-state index in [2.05, 4.69) is 4.98 Å². The molecule has 0 aliphatic carbocycles. The number of esters is 1. The summed E-state index contributed by atoms with van der Waals surface area (Å²) in [6.07, 6.45) is 1.66. The number of benzene rings is 1. The second-order valence-electron chi connectivity index (χ2n) is 3.60. The molecule has 0 saturated heterocycles. The van der Waals surface area contributed by atoms with Gasteiger partial charge >= 0.3 is 5.97 Å². The van der Waals surface area contributed by atoms with Gasteiger partial charge in [0.05, 0.1) is 22.9 Å². The maximum atomic E-state index is 11.9. The fourth-order valence-electron chi connectivity index (χ4n) is 1.67. The Hall–Kier alpha value is -1.87. The lowest BCUT2D eigenvalue weighted by molar-refractivity contribution is 0.0527. The van der Waals surface area contributed by atoms with Gasteiger partial charge in [-0.25, -0.2) is 4.79 Å². The van der Waals surface area contributed by atoms with E-state index in [1.807, 2.05) is 18.2 Å². The highest BCUT2D eigenvalue weighted by Gasteiger charge is 2.17. The number of halogens is 1. The molecule has 0 fully saturated rings. The van der Waals surface area contributed by atoms with Crippen LogP contribution in [0.25, 0.3) is 11.3 Å². The first kappa shape index (κ1) is 12.6. The SMILES string of the molecule is CCOC(=O)c1cccc(Cl)c1-c1ccccn1. The summed E-state index contributed by atoms with van der Waals surface area (Å²) in [5, 5.41) is 0.485. The number of ether oxygens (including phenoxy) is 1. The summed E-state index contributed by atoms with van der Waals surface area (Å²) >= 11 is 6.16. The highest BCUT2D eigenvalue weighted by molar-refractivity contribution is 6.34. The molecule has 2 rings (SSSR count). The van der Waals surface area contributed by atoms with Crippen LogP contribution in [0.5, 0.6) is 0 Å². The van der Waals surface area contributed by atoms with Crippen molar-refractivity contribution in [3.05, 3.63) is 53.2 Å². The molecule has 0 spiro atoms. The molecule has 18 heavy (non-hydrogen) atoms. The van der Waals surface area contributed by atoms with Crippen molar-refractivity contribution in [2.75, 3.05) is 6.61 Å². The van der Waals surface area contributed by atoms with Crippen molar-refractivity contribution in [2.45, 2.75) is 6.92 Å². The van der Waals surface area contributed by atoms with Gasteiger partial charge in [0.2, 0.25) is 0 Å². The van der Waals surface area contributed by atoms with Crippen LogP contribution >= 0.6 is 11.6 Å². The highest BCUT2D eigenvalue weighted by atomic mass is 35.5. The lowest BCUT2D eigenvalue weighted by Crippen LogP contribution is -2.07. The Balaban J connectivity index is 2.55. The molecule has 0 radical (unpaired) electrons. The lowest BCUT2D eigenvalue weighted by Gasteiger charge is -2.09. The van der Waals surface area contributed by atoms with Crippen LogP contribution in [0.3, 0.4) is 0 Å². The van der Waals surface area contributed by atoms with Crippen LogP contribution in [0.15, 0.2) is 42.6 Å². The van der Waals surface area contributed by atoms with Crippen molar-refractivity contribution < 1.29 is 9.53 Å². The van der Waals surface area contributed by atoms with Crippen LogP contribution in [0, 0.1) is 0 Å². The van der Waals surface area contributed by atoms with E-state index >= 15 is 0 Å². The fraction of sp³-hybridized carbons (Fsp3) is 0.143. The normalized spacial score (nSPS) is 10.1. The zero-order valence-corrected chi connectivity index (χ0v) is 10.6. The molecular formula is C14H12ClNO2. The van der Waals surface area contributed by atoms with Crippen molar-refractivity contribution in [3.8, 4) is 11.3 Å². The largest absolute Gasteiger partial charge is 0.462 e. The summed E-state index contributed by atoms with van der Waals surface area (Å²) in [6.45, 7) is 2.09. The number of aromatic nitrogens is 1. The fourth-order valence-corrected chi connectivity index (χ4v) is 1.95. The number of hydrogen-bond acceptors (Lipinski definition) is 3. The quantitative estimate of drug-likeness (QED) is 0.793. The Kier molecular flexibility index (Phi) is 3.95. The maximum absolute atomic E-state index is 11.9. The molecule has 0 atom stereocenters. The Morgan fingerprint density at radius 1 is 1.28 bits per heavy atom. The number of pyridine rings is 1. The van der Waals surface area contributed by atoms with Crippen molar-refractivity contribution in [3.63, 3.8) is 0 Å². The van der Waals surface area contributed by atoms with Gasteiger partial charge in [-0.15, -0.1) is 0 Å². The van der Waals surface area contributed by atoms with E-state index in [0.717, 1.165) is 0 Å². The van der Waals surface area contributed by atoms with Crippen LogP contribution in [0.1, 0.15) is 17.3 Å². The highest BCUT2D eigenvalue weighted by Crippen LogP contribution is 2.30. The zero-order valence-electron chi connectivity index (χ0n) is 9.89. The van der Waals surface area contributed by atoms with E-state index < -0.39 is 0 Å². The van der Waals surface area contributed by atoms with Crippen LogP contribution < -0.4 is 0 Å². The van der Waals surface area contributed by atoms with Gasteiger partial charge in [-0.1, -0.05) is 23.7 Å². The first-order chi connectivity index (χ1) is 8.74. The molecule has 0 saturated carbocycles. The van der Waals surface area contributed by atoms with Crippen molar-refractivity contribution in [1.29, 1.82) is 0 Å². The topological polar surface area (TPSA) is 39.2 Å². The monoisotopic (exact) mass is 261 g/mol. The Bertz CT molecular complexity index is 555. The number of carbonyl (C=O) groups excluding carboxylic acids is 1. The predicted octanol–water partition coefficient (Wildman–Crippen LogP) is 3.58. The van der Waals surface area contributed by atoms with Gasteiger partial charge < -0.3 is 4.74 Å². The molecular weight excluding hydrogens is 250 g/mol. The number of hydrogen-bond donors (Lipinski definition) is 0. The summed E-state index contributed by atoms with van der Waals surface area (Å²) in [6, 6.07) is 10.6. The molecule has 0 unspecified atom stereocenters. The van der Waals surface area contributed by atoms with Gasteiger partial charge in [-0.2, -0.15) is 0 Å². The van der Waals surface area contributed by atoms with E-state index in [-0.39, 0.29) is 5.97 Å². The number of carbonyl (C=O) groups is 1. The molecule has 0 aliphatic heterocycles. The van der Waals surface area contributed by atoms with Crippen molar-refractivity contribution in [2.24, 2.45) is 0 Å². The van der Waals surface area contributed by atoms with Crippen LogP contribution in [0.4, 0.5) is 0 Å². The Labute approximate surface area is 110 Å². The summed E-state index contributed by atoms with van der Waals surface area (Å²) < 4.78 is 5.02. The molecule has 0 amide bonds. The third-order valence-corrected chi connectivity index (χ3v) is 2.74. The second-order valence-corrected chi connectivity index (χ2v) is 4.01. The van der Waals surface area contributed by atoms with Gasteiger partial charge in [0.15, 0.2) is 0 Å². The second kappa shape index (κ2) is 5.65. The zero-order chi connectivity index (χ0) is 13.0. The molecule has 4 heteroatoms. The summed E-state index contributed by atoms with van der Waals surface area (Å²) in [4.78, 5) is 16.1.